The highest BCUT2D eigenvalue weighted by molar-refractivity contribution is 5.84. The monoisotopic (exact) mass is 174 g/mol. The lowest BCUT2D eigenvalue weighted by Crippen LogP contribution is -2.59. The summed E-state index contributed by atoms with van der Waals surface area (Å²) in [4.78, 5) is 12.8. The van der Waals surface area contributed by atoms with E-state index in [9.17, 15) is 9.18 Å². The van der Waals surface area contributed by atoms with E-state index in [0.717, 1.165) is 13.1 Å². The lowest BCUT2D eigenvalue weighted by atomic mass is 10.1. The highest BCUT2D eigenvalue weighted by atomic mass is 19.1. The zero-order valence-electron chi connectivity index (χ0n) is 7.72. The fourth-order valence-electron chi connectivity index (χ4n) is 1.13. The molecule has 0 saturated carbocycles. The van der Waals surface area contributed by atoms with Crippen molar-refractivity contribution in [2.75, 3.05) is 20.1 Å². The molecule has 1 aliphatic rings. The van der Waals surface area contributed by atoms with Crippen molar-refractivity contribution in [1.82, 2.24) is 10.2 Å². The molecule has 0 spiro atoms. The lowest BCUT2D eigenvalue weighted by molar-refractivity contribution is -0.143. The Morgan fingerprint density at radius 3 is 2.33 bits per heavy atom. The molecule has 1 aliphatic heterocycles. The summed E-state index contributed by atoms with van der Waals surface area (Å²) in [5, 5.41) is 3.03. The van der Waals surface area contributed by atoms with Gasteiger partial charge in [0.25, 0.3) is 5.91 Å². The van der Waals surface area contributed by atoms with Gasteiger partial charge in [0.05, 0.1) is 6.04 Å². The predicted octanol–water partition coefficient (Wildman–Crippen LogP) is 0.165. The Bertz CT molecular complexity index is 184. The molecular weight excluding hydrogens is 159 g/mol. The Hall–Kier alpha value is -0.640. The minimum Gasteiger partial charge on any atom is -0.337 e. The number of carbonyl (C=O) groups excluding carboxylic acids is 1. The van der Waals surface area contributed by atoms with E-state index in [-0.39, 0.29) is 6.04 Å². The van der Waals surface area contributed by atoms with E-state index in [0.29, 0.717) is 0 Å². The molecule has 0 aliphatic carbocycles. The van der Waals surface area contributed by atoms with Crippen LogP contribution >= 0.6 is 0 Å². The van der Waals surface area contributed by atoms with Gasteiger partial charge in [-0.25, -0.2) is 4.39 Å². The molecule has 0 aromatic carbocycles. The summed E-state index contributed by atoms with van der Waals surface area (Å²) in [6, 6.07) is 0.174. The molecule has 4 heteroatoms. The van der Waals surface area contributed by atoms with E-state index >= 15 is 0 Å². The van der Waals surface area contributed by atoms with Crippen LogP contribution in [0.5, 0.6) is 0 Å². The van der Waals surface area contributed by atoms with Crippen LogP contribution in [0.25, 0.3) is 0 Å². The van der Waals surface area contributed by atoms with Crippen molar-refractivity contribution in [3.8, 4) is 0 Å². The molecule has 1 saturated heterocycles. The molecule has 1 amide bonds. The molecule has 0 atom stereocenters. The maximum absolute atomic E-state index is 13.1. The van der Waals surface area contributed by atoms with Gasteiger partial charge in [0.2, 0.25) is 0 Å². The van der Waals surface area contributed by atoms with Gasteiger partial charge in [0.15, 0.2) is 5.67 Å². The smallest absolute Gasteiger partial charge is 0.259 e. The fraction of sp³-hybridized carbons (Fsp3) is 0.875. The first-order valence-electron chi connectivity index (χ1n) is 4.10. The molecular formula is C8H15FN2O. The van der Waals surface area contributed by atoms with Crippen LogP contribution in [0.3, 0.4) is 0 Å². The van der Waals surface area contributed by atoms with Gasteiger partial charge in [-0.2, -0.15) is 0 Å². The second kappa shape index (κ2) is 3.01. The molecule has 12 heavy (non-hydrogen) atoms. The SMILES string of the molecule is CN(C(=O)C(C)(C)F)C1CNC1. The van der Waals surface area contributed by atoms with Gasteiger partial charge in [0, 0.05) is 20.1 Å². The molecule has 1 fully saturated rings. The number of nitrogens with one attached hydrogen (secondary N) is 1. The maximum Gasteiger partial charge on any atom is 0.259 e. The zero-order chi connectivity index (χ0) is 9.35. The maximum atomic E-state index is 13.1. The normalized spacial score (nSPS) is 18.7. The summed E-state index contributed by atoms with van der Waals surface area (Å²) < 4.78 is 13.1. The number of nitrogens with zero attached hydrogens (tertiary/aromatic N) is 1. The fourth-order valence-corrected chi connectivity index (χ4v) is 1.13. The van der Waals surface area contributed by atoms with Crippen LogP contribution in [0.15, 0.2) is 0 Å². The topological polar surface area (TPSA) is 32.3 Å². The van der Waals surface area contributed by atoms with Gasteiger partial charge in [-0.1, -0.05) is 0 Å². The van der Waals surface area contributed by atoms with Gasteiger partial charge < -0.3 is 10.2 Å². The average Bonchev–Trinajstić information content (AvgIpc) is 1.79. The number of hydrogen-bond donors (Lipinski definition) is 1. The van der Waals surface area contributed by atoms with E-state index in [1.807, 2.05) is 0 Å². The summed E-state index contributed by atoms with van der Waals surface area (Å²) in [7, 11) is 1.65. The third-order valence-corrected chi connectivity index (χ3v) is 2.14. The molecule has 1 N–H and O–H groups in total. The number of likely N-dealkylation sites (N-methyl/N-ethyl adjacent to an activating group) is 1. The van der Waals surface area contributed by atoms with Crippen LogP contribution in [0, 0.1) is 0 Å². The van der Waals surface area contributed by atoms with E-state index in [1.165, 1.54) is 18.7 Å². The summed E-state index contributed by atoms with van der Waals surface area (Å²) in [5.41, 5.74) is -1.75. The summed E-state index contributed by atoms with van der Waals surface area (Å²) >= 11 is 0. The molecule has 0 aromatic heterocycles. The van der Waals surface area contributed by atoms with Crippen LogP contribution in [0.2, 0.25) is 0 Å². The second-order valence-corrected chi connectivity index (χ2v) is 3.70. The van der Waals surface area contributed by atoms with E-state index in [1.54, 1.807) is 7.05 Å². The van der Waals surface area contributed by atoms with Crippen molar-refractivity contribution in [3.05, 3.63) is 0 Å². The Morgan fingerprint density at radius 1 is 1.58 bits per heavy atom. The first-order chi connectivity index (χ1) is 5.43. The average molecular weight is 174 g/mol. The molecule has 3 nitrogen and oxygen atoms in total. The van der Waals surface area contributed by atoms with Crippen LogP contribution in [-0.2, 0) is 4.79 Å². The number of halogens is 1. The zero-order valence-corrected chi connectivity index (χ0v) is 7.72. The number of alkyl halides is 1. The van der Waals surface area contributed by atoms with Crippen molar-refractivity contribution in [1.29, 1.82) is 0 Å². The second-order valence-electron chi connectivity index (χ2n) is 3.70. The van der Waals surface area contributed by atoms with Crippen molar-refractivity contribution in [2.24, 2.45) is 0 Å². The van der Waals surface area contributed by atoms with Gasteiger partial charge in [-0.15, -0.1) is 0 Å². The summed E-state index contributed by atoms with van der Waals surface area (Å²) in [6.07, 6.45) is 0. The van der Waals surface area contributed by atoms with Gasteiger partial charge in [0.1, 0.15) is 0 Å². The minimum absolute atomic E-state index is 0.174. The van der Waals surface area contributed by atoms with Gasteiger partial charge in [-0.3, -0.25) is 4.79 Å². The Labute approximate surface area is 71.9 Å². The number of carbonyl (C=O) groups is 1. The first-order valence-corrected chi connectivity index (χ1v) is 4.10. The standard InChI is InChI=1S/C8H15FN2O/c1-8(2,9)7(12)11(3)6-4-10-5-6/h6,10H,4-5H2,1-3H3. The molecule has 0 radical (unpaired) electrons. The van der Waals surface area contributed by atoms with Crippen molar-refractivity contribution in [2.45, 2.75) is 25.6 Å². The van der Waals surface area contributed by atoms with Gasteiger partial charge >= 0.3 is 0 Å². The third-order valence-electron chi connectivity index (χ3n) is 2.14. The number of rotatable bonds is 2. The van der Waals surface area contributed by atoms with Gasteiger partial charge in [-0.05, 0) is 13.8 Å². The first kappa shape index (κ1) is 9.45. The Morgan fingerprint density at radius 2 is 2.08 bits per heavy atom. The molecule has 0 bridgehead atoms. The quantitative estimate of drug-likeness (QED) is 0.647. The van der Waals surface area contributed by atoms with E-state index in [4.69, 9.17) is 0 Å². The van der Waals surface area contributed by atoms with Crippen LogP contribution in [0.4, 0.5) is 4.39 Å². The van der Waals surface area contributed by atoms with Crippen LogP contribution in [0.1, 0.15) is 13.8 Å². The van der Waals surface area contributed by atoms with Crippen molar-refractivity contribution >= 4 is 5.91 Å². The molecule has 0 aromatic rings. The van der Waals surface area contributed by atoms with Crippen molar-refractivity contribution < 1.29 is 9.18 Å². The van der Waals surface area contributed by atoms with Crippen LogP contribution in [-0.4, -0.2) is 42.7 Å². The Balaban J connectivity index is 2.51. The molecule has 0 unspecified atom stereocenters. The molecule has 1 heterocycles. The highest BCUT2D eigenvalue weighted by Gasteiger charge is 2.34. The predicted molar refractivity (Wildman–Crippen MR) is 44.6 cm³/mol. The van der Waals surface area contributed by atoms with E-state index < -0.39 is 11.6 Å². The summed E-state index contributed by atoms with van der Waals surface area (Å²) in [6.45, 7) is 4.13. The largest absolute Gasteiger partial charge is 0.337 e. The Kier molecular flexibility index (Phi) is 2.37. The molecule has 70 valence electrons. The van der Waals surface area contributed by atoms with E-state index in [2.05, 4.69) is 5.32 Å². The molecule has 1 rings (SSSR count). The number of hydrogen-bond acceptors (Lipinski definition) is 2. The number of amides is 1. The minimum atomic E-state index is -1.75. The summed E-state index contributed by atoms with van der Waals surface area (Å²) in [5.74, 6) is -0.436. The lowest BCUT2D eigenvalue weighted by Gasteiger charge is -2.37. The van der Waals surface area contributed by atoms with Crippen molar-refractivity contribution in [3.63, 3.8) is 0 Å². The third kappa shape index (κ3) is 1.75. The highest BCUT2D eigenvalue weighted by Crippen LogP contribution is 2.14. The van der Waals surface area contributed by atoms with Crippen LogP contribution < -0.4 is 5.32 Å².